The van der Waals surface area contributed by atoms with Crippen molar-refractivity contribution in [2.45, 2.75) is 45.6 Å². The van der Waals surface area contributed by atoms with E-state index in [0.717, 1.165) is 24.8 Å². The van der Waals surface area contributed by atoms with Crippen LogP contribution in [0.25, 0.3) is 11.0 Å². The smallest absolute Gasteiger partial charge is 0.414 e. The van der Waals surface area contributed by atoms with Crippen molar-refractivity contribution in [2.75, 3.05) is 23.4 Å². The molecule has 1 saturated heterocycles. The van der Waals surface area contributed by atoms with Crippen LogP contribution in [0.15, 0.2) is 42.5 Å². The Labute approximate surface area is 190 Å². The second-order valence-electron chi connectivity index (χ2n) is 8.12. The normalized spacial score (nSPS) is 15.1. The Bertz CT molecular complexity index is 1180. The van der Waals surface area contributed by atoms with E-state index in [9.17, 15) is 18.4 Å². The molecule has 1 atom stereocenters. The summed E-state index contributed by atoms with van der Waals surface area (Å²) in [5.74, 6) is -0.186. The summed E-state index contributed by atoms with van der Waals surface area (Å²) in [4.78, 5) is 31.2. The second-order valence-corrected chi connectivity index (χ2v) is 8.12. The average Bonchev–Trinajstić information content (AvgIpc) is 3.16. The molecule has 1 aliphatic heterocycles. The number of nitrogens with zero attached hydrogens (tertiary/aromatic N) is 3. The van der Waals surface area contributed by atoms with E-state index in [1.165, 1.54) is 24.3 Å². The van der Waals surface area contributed by atoms with Gasteiger partial charge in [-0.2, -0.15) is 0 Å². The lowest BCUT2D eigenvalue weighted by atomic mass is 10.1. The van der Waals surface area contributed by atoms with E-state index in [4.69, 9.17) is 4.74 Å². The van der Waals surface area contributed by atoms with Gasteiger partial charge in [-0.25, -0.2) is 18.6 Å². The van der Waals surface area contributed by atoms with Gasteiger partial charge in [0.2, 0.25) is 5.95 Å². The standard InChI is InChI=1S/C24H26F2N4O3/c1-3-6-15(2)30-20-10-9-18(29-11-5-12-33-24(29)32)14-19(20)27-23(30)28-22(31)17-8-4-7-16(13-17)21(25)26/h4,7-10,13-15,21H,3,5-6,11-12H2,1-2H3,(H,27,28,31)/t15-/m1/s1. The minimum Gasteiger partial charge on any atom is -0.449 e. The van der Waals surface area contributed by atoms with Crippen molar-refractivity contribution in [1.29, 1.82) is 0 Å². The van der Waals surface area contributed by atoms with Crippen LogP contribution in [0.3, 0.4) is 0 Å². The van der Waals surface area contributed by atoms with Crippen LogP contribution < -0.4 is 10.2 Å². The van der Waals surface area contributed by atoms with Crippen molar-refractivity contribution in [3.05, 3.63) is 53.6 Å². The van der Waals surface area contributed by atoms with E-state index in [0.29, 0.717) is 30.3 Å². The summed E-state index contributed by atoms with van der Waals surface area (Å²) in [6.07, 6.45) is -0.527. The number of carbonyl (C=O) groups excluding carboxylic acids is 2. The first-order valence-electron chi connectivity index (χ1n) is 11.0. The van der Waals surface area contributed by atoms with Crippen molar-refractivity contribution in [1.82, 2.24) is 9.55 Å². The summed E-state index contributed by atoms with van der Waals surface area (Å²) < 4.78 is 33.2. The van der Waals surface area contributed by atoms with E-state index in [1.807, 2.05) is 23.6 Å². The Morgan fingerprint density at radius 2 is 2.06 bits per heavy atom. The fourth-order valence-corrected chi connectivity index (χ4v) is 4.11. The zero-order chi connectivity index (χ0) is 23.5. The highest BCUT2D eigenvalue weighted by atomic mass is 19.3. The predicted molar refractivity (Wildman–Crippen MR) is 122 cm³/mol. The number of ether oxygens (including phenoxy) is 1. The predicted octanol–water partition coefficient (Wildman–Crippen LogP) is 5.93. The number of hydrogen-bond acceptors (Lipinski definition) is 4. The van der Waals surface area contributed by atoms with Gasteiger partial charge in [0.1, 0.15) is 0 Å². The van der Waals surface area contributed by atoms with E-state index in [2.05, 4.69) is 17.2 Å². The largest absolute Gasteiger partial charge is 0.449 e. The number of aromatic nitrogens is 2. The van der Waals surface area contributed by atoms with Gasteiger partial charge in [0.25, 0.3) is 12.3 Å². The van der Waals surface area contributed by atoms with Crippen LogP contribution in [-0.4, -0.2) is 34.7 Å². The number of halogens is 2. The van der Waals surface area contributed by atoms with Gasteiger partial charge in [-0.05, 0) is 50.1 Å². The number of alkyl halides is 2. The molecule has 1 aromatic heterocycles. The fourth-order valence-electron chi connectivity index (χ4n) is 4.11. The van der Waals surface area contributed by atoms with Gasteiger partial charge in [-0.15, -0.1) is 0 Å². The Hall–Kier alpha value is -3.49. The Kier molecular flexibility index (Phi) is 6.57. The first-order chi connectivity index (χ1) is 15.9. The maximum atomic E-state index is 13.1. The summed E-state index contributed by atoms with van der Waals surface area (Å²) in [7, 11) is 0. The molecule has 2 heterocycles. The first kappa shape index (κ1) is 22.7. The molecular formula is C24H26F2N4O3. The minimum atomic E-state index is -2.66. The number of rotatable bonds is 7. The molecule has 0 unspecified atom stereocenters. The maximum Gasteiger partial charge on any atom is 0.414 e. The van der Waals surface area contributed by atoms with Crippen LogP contribution in [0.4, 0.5) is 25.2 Å². The van der Waals surface area contributed by atoms with Crippen LogP contribution in [-0.2, 0) is 4.74 Å². The number of amides is 2. The van der Waals surface area contributed by atoms with Gasteiger partial charge in [0.15, 0.2) is 0 Å². The number of carbonyl (C=O) groups is 2. The lowest BCUT2D eigenvalue weighted by molar-refractivity contribution is 0.102. The highest BCUT2D eigenvalue weighted by Crippen LogP contribution is 2.31. The Morgan fingerprint density at radius 1 is 1.24 bits per heavy atom. The minimum absolute atomic E-state index is 0.0356. The Morgan fingerprint density at radius 3 is 2.79 bits per heavy atom. The van der Waals surface area contributed by atoms with Gasteiger partial charge in [0.05, 0.1) is 17.6 Å². The molecule has 33 heavy (non-hydrogen) atoms. The first-order valence-corrected chi connectivity index (χ1v) is 11.0. The summed E-state index contributed by atoms with van der Waals surface area (Å²) in [6.45, 7) is 5.07. The number of anilines is 2. The third kappa shape index (κ3) is 4.67. The van der Waals surface area contributed by atoms with E-state index in [-0.39, 0.29) is 17.2 Å². The van der Waals surface area contributed by atoms with Crippen molar-refractivity contribution in [3.63, 3.8) is 0 Å². The lowest BCUT2D eigenvalue weighted by Crippen LogP contribution is -2.37. The molecule has 0 saturated carbocycles. The third-order valence-corrected chi connectivity index (χ3v) is 5.73. The number of cyclic esters (lactones) is 1. The summed E-state index contributed by atoms with van der Waals surface area (Å²) in [5, 5.41) is 2.79. The number of fused-ring (bicyclic) bond motifs is 1. The summed E-state index contributed by atoms with van der Waals surface area (Å²) in [5.41, 5.74) is 2.01. The molecule has 0 aliphatic carbocycles. The third-order valence-electron chi connectivity index (χ3n) is 5.73. The number of nitrogens with one attached hydrogen (secondary N) is 1. The molecule has 4 rings (SSSR count). The van der Waals surface area contributed by atoms with Crippen molar-refractivity contribution < 1.29 is 23.1 Å². The van der Waals surface area contributed by atoms with Crippen molar-refractivity contribution >= 4 is 34.7 Å². The van der Waals surface area contributed by atoms with Gasteiger partial charge >= 0.3 is 6.09 Å². The molecule has 9 heteroatoms. The van der Waals surface area contributed by atoms with Gasteiger partial charge < -0.3 is 9.30 Å². The number of imidazole rings is 1. The van der Waals surface area contributed by atoms with Crippen molar-refractivity contribution in [2.24, 2.45) is 0 Å². The van der Waals surface area contributed by atoms with Crippen LogP contribution in [0.2, 0.25) is 0 Å². The molecule has 0 bridgehead atoms. The monoisotopic (exact) mass is 456 g/mol. The maximum absolute atomic E-state index is 13.1. The highest BCUT2D eigenvalue weighted by Gasteiger charge is 2.24. The lowest BCUT2D eigenvalue weighted by Gasteiger charge is -2.26. The van der Waals surface area contributed by atoms with Crippen LogP contribution >= 0.6 is 0 Å². The molecule has 174 valence electrons. The molecule has 1 aliphatic rings. The molecule has 1 fully saturated rings. The molecule has 3 aromatic rings. The topological polar surface area (TPSA) is 76.5 Å². The molecule has 1 N–H and O–H groups in total. The summed E-state index contributed by atoms with van der Waals surface area (Å²) >= 11 is 0. The fraction of sp³-hybridized carbons (Fsp3) is 0.375. The quantitative estimate of drug-likeness (QED) is 0.478. The van der Waals surface area contributed by atoms with Gasteiger partial charge in [-0.1, -0.05) is 25.5 Å². The van der Waals surface area contributed by atoms with Crippen LogP contribution in [0.1, 0.15) is 61.5 Å². The average molecular weight is 456 g/mol. The molecule has 0 spiro atoms. The highest BCUT2D eigenvalue weighted by molar-refractivity contribution is 6.04. The molecule has 0 radical (unpaired) electrons. The van der Waals surface area contributed by atoms with E-state index < -0.39 is 18.4 Å². The molecule has 2 amide bonds. The van der Waals surface area contributed by atoms with Crippen LogP contribution in [0, 0.1) is 0 Å². The number of hydrogen-bond donors (Lipinski definition) is 1. The van der Waals surface area contributed by atoms with Gasteiger partial charge in [-0.3, -0.25) is 15.0 Å². The molecule has 2 aromatic carbocycles. The van der Waals surface area contributed by atoms with Crippen LogP contribution in [0.5, 0.6) is 0 Å². The van der Waals surface area contributed by atoms with Crippen molar-refractivity contribution in [3.8, 4) is 0 Å². The second kappa shape index (κ2) is 9.56. The summed E-state index contributed by atoms with van der Waals surface area (Å²) in [6, 6.07) is 10.9. The SMILES string of the molecule is CCC[C@@H](C)n1c(NC(=O)c2cccc(C(F)F)c2)nc2cc(N3CCCOC3=O)ccc21. The van der Waals surface area contributed by atoms with Gasteiger partial charge in [0, 0.05) is 29.4 Å². The zero-order valence-electron chi connectivity index (χ0n) is 18.6. The number of benzene rings is 2. The Balaban J connectivity index is 1.71. The van der Waals surface area contributed by atoms with E-state index >= 15 is 0 Å². The van der Waals surface area contributed by atoms with E-state index in [1.54, 1.807) is 11.0 Å². The molecule has 7 nitrogen and oxygen atoms in total. The molecular weight excluding hydrogens is 430 g/mol. The zero-order valence-corrected chi connectivity index (χ0v) is 18.6.